The molecular weight excluding hydrogens is 130 g/mol. The first-order valence-electron chi connectivity index (χ1n) is 3.36. The van der Waals surface area contributed by atoms with Gasteiger partial charge in [0.2, 0.25) is 5.91 Å². The summed E-state index contributed by atoms with van der Waals surface area (Å²) in [7, 11) is 0. The van der Waals surface area contributed by atoms with Crippen molar-refractivity contribution in [3.63, 3.8) is 0 Å². The molecule has 1 saturated heterocycles. The summed E-state index contributed by atoms with van der Waals surface area (Å²) >= 11 is 0. The Bertz CT molecular complexity index is 166. The molecule has 0 aromatic carbocycles. The molecule has 4 heteroatoms. The number of piperidine rings is 1. The third-order valence-electron chi connectivity index (χ3n) is 1.61. The van der Waals surface area contributed by atoms with Crippen LogP contribution in [0.4, 0.5) is 0 Å². The Morgan fingerprint density at radius 1 is 1.60 bits per heavy atom. The van der Waals surface area contributed by atoms with Gasteiger partial charge in [0.1, 0.15) is 0 Å². The van der Waals surface area contributed by atoms with Crippen LogP contribution in [-0.2, 0) is 4.79 Å². The van der Waals surface area contributed by atoms with Gasteiger partial charge in [-0.25, -0.2) is 0 Å². The third-order valence-corrected chi connectivity index (χ3v) is 1.61. The molecule has 4 nitrogen and oxygen atoms in total. The van der Waals surface area contributed by atoms with Crippen LogP contribution in [0.3, 0.4) is 0 Å². The zero-order valence-electron chi connectivity index (χ0n) is 5.76. The summed E-state index contributed by atoms with van der Waals surface area (Å²) in [5.74, 6) is -0.136. The standard InChI is InChI=1S/C6H11N3O/c7-6(8)9-4-2-1-3-5(9)10/h1-4H2,(H3,7,8). The summed E-state index contributed by atoms with van der Waals surface area (Å²) in [5, 5.41) is 7.00. The molecule has 0 aromatic rings. The number of amides is 1. The van der Waals surface area contributed by atoms with Crippen LogP contribution in [0, 0.1) is 5.41 Å². The van der Waals surface area contributed by atoms with Crippen molar-refractivity contribution in [2.75, 3.05) is 6.54 Å². The quantitative estimate of drug-likeness (QED) is 0.365. The van der Waals surface area contributed by atoms with E-state index in [1.807, 2.05) is 0 Å². The maximum Gasteiger partial charge on any atom is 0.229 e. The topological polar surface area (TPSA) is 70.2 Å². The predicted molar refractivity (Wildman–Crippen MR) is 37.5 cm³/mol. The van der Waals surface area contributed by atoms with Crippen molar-refractivity contribution < 1.29 is 4.79 Å². The Morgan fingerprint density at radius 2 is 2.30 bits per heavy atom. The lowest BCUT2D eigenvalue weighted by Crippen LogP contribution is -2.43. The fourth-order valence-electron chi connectivity index (χ4n) is 1.06. The van der Waals surface area contributed by atoms with Crippen LogP contribution in [-0.4, -0.2) is 23.3 Å². The molecule has 1 fully saturated rings. The number of hydrogen-bond donors (Lipinski definition) is 2. The van der Waals surface area contributed by atoms with Crippen molar-refractivity contribution in [3.05, 3.63) is 0 Å². The predicted octanol–water partition coefficient (Wildman–Crippen LogP) is -0.108. The molecule has 0 spiro atoms. The molecule has 1 aliphatic rings. The van der Waals surface area contributed by atoms with E-state index in [2.05, 4.69) is 0 Å². The van der Waals surface area contributed by atoms with Gasteiger partial charge in [0, 0.05) is 13.0 Å². The van der Waals surface area contributed by atoms with E-state index in [-0.39, 0.29) is 11.9 Å². The molecule has 56 valence electrons. The second-order valence-corrected chi connectivity index (χ2v) is 2.39. The van der Waals surface area contributed by atoms with E-state index in [0.29, 0.717) is 13.0 Å². The van der Waals surface area contributed by atoms with Gasteiger partial charge in [0.05, 0.1) is 0 Å². The van der Waals surface area contributed by atoms with Crippen LogP contribution >= 0.6 is 0 Å². The Labute approximate surface area is 59.5 Å². The Balaban J connectivity index is 2.56. The van der Waals surface area contributed by atoms with Gasteiger partial charge in [-0.1, -0.05) is 0 Å². The molecule has 1 aliphatic heterocycles. The number of carbonyl (C=O) groups excluding carboxylic acids is 1. The monoisotopic (exact) mass is 141 g/mol. The molecule has 0 aliphatic carbocycles. The average Bonchev–Trinajstić information content (AvgIpc) is 1.88. The second-order valence-electron chi connectivity index (χ2n) is 2.39. The number of rotatable bonds is 0. The van der Waals surface area contributed by atoms with Gasteiger partial charge in [-0.3, -0.25) is 15.1 Å². The number of nitrogens with zero attached hydrogens (tertiary/aromatic N) is 1. The van der Waals surface area contributed by atoms with Crippen molar-refractivity contribution >= 4 is 11.9 Å². The molecule has 1 heterocycles. The summed E-state index contributed by atoms with van der Waals surface area (Å²) in [5.41, 5.74) is 5.15. The van der Waals surface area contributed by atoms with E-state index >= 15 is 0 Å². The lowest BCUT2D eigenvalue weighted by atomic mass is 10.1. The molecule has 3 N–H and O–H groups in total. The second kappa shape index (κ2) is 2.68. The normalized spacial score (nSPS) is 19.2. The number of hydrogen-bond acceptors (Lipinski definition) is 2. The van der Waals surface area contributed by atoms with Gasteiger partial charge in [0.25, 0.3) is 0 Å². The lowest BCUT2D eigenvalue weighted by molar-refractivity contribution is -0.129. The summed E-state index contributed by atoms with van der Waals surface area (Å²) in [6.45, 7) is 0.619. The van der Waals surface area contributed by atoms with Crippen molar-refractivity contribution in [1.29, 1.82) is 5.41 Å². The number of nitrogens with two attached hydrogens (primary N) is 1. The highest BCUT2D eigenvalue weighted by Gasteiger charge is 2.19. The summed E-state index contributed by atoms with van der Waals surface area (Å²) in [6.07, 6.45) is 2.44. The molecule has 1 rings (SSSR count). The van der Waals surface area contributed by atoms with Gasteiger partial charge in [-0.15, -0.1) is 0 Å². The minimum absolute atomic E-state index is 0.0150. The summed E-state index contributed by atoms with van der Waals surface area (Å²) in [4.78, 5) is 12.3. The number of likely N-dealkylation sites (tertiary alicyclic amines) is 1. The van der Waals surface area contributed by atoms with E-state index in [1.54, 1.807) is 0 Å². The highest BCUT2D eigenvalue weighted by molar-refractivity contribution is 5.95. The Hall–Kier alpha value is -1.06. The van der Waals surface area contributed by atoms with Gasteiger partial charge in [-0.05, 0) is 12.8 Å². The van der Waals surface area contributed by atoms with E-state index in [9.17, 15) is 4.79 Å². The van der Waals surface area contributed by atoms with Crippen LogP contribution in [0.2, 0.25) is 0 Å². The fourth-order valence-corrected chi connectivity index (χ4v) is 1.06. The van der Waals surface area contributed by atoms with Crippen molar-refractivity contribution in [2.24, 2.45) is 5.73 Å². The van der Waals surface area contributed by atoms with Crippen LogP contribution in [0.1, 0.15) is 19.3 Å². The van der Waals surface area contributed by atoms with Crippen molar-refractivity contribution in [2.45, 2.75) is 19.3 Å². The van der Waals surface area contributed by atoms with Crippen LogP contribution in [0.15, 0.2) is 0 Å². The molecule has 1 amide bonds. The fraction of sp³-hybridized carbons (Fsp3) is 0.667. The number of guanidine groups is 1. The molecule has 10 heavy (non-hydrogen) atoms. The number of nitrogens with one attached hydrogen (secondary N) is 1. The first-order valence-corrected chi connectivity index (χ1v) is 3.36. The molecule has 0 saturated carbocycles. The highest BCUT2D eigenvalue weighted by atomic mass is 16.2. The van der Waals surface area contributed by atoms with E-state index in [1.165, 1.54) is 4.90 Å². The Kier molecular flexibility index (Phi) is 1.89. The SMILES string of the molecule is N=C(N)N1CCCCC1=O. The molecular formula is C6H11N3O. The van der Waals surface area contributed by atoms with Crippen LogP contribution in [0.25, 0.3) is 0 Å². The zero-order chi connectivity index (χ0) is 7.56. The summed E-state index contributed by atoms with van der Waals surface area (Å²) in [6, 6.07) is 0. The number of carbonyl (C=O) groups is 1. The van der Waals surface area contributed by atoms with E-state index in [4.69, 9.17) is 11.1 Å². The zero-order valence-corrected chi connectivity index (χ0v) is 5.76. The molecule has 0 atom stereocenters. The third kappa shape index (κ3) is 1.26. The lowest BCUT2D eigenvalue weighted by Gasteiger charge is -2.24. The maximum absolute atomic E-state index is 10.9. The molecule has 0 radical (unpaired) electrons. The van der Waals surface area contributed by atoms with E-state index < -0.39 is 0 Å². The van der Waals surface area contributed by atoms with Gasteiger partial charge in [0.15, 0.2) is 5.96 Å². The largest absolute Gasteiger partial charge is 0.370 e. The summed E-state index contributed by atoms with van der Waals surface area (Å²) < 4.78 is 0. The first-order chi connectivity index (χ1) is 4.72. The van der Waals surface area contributed by atoms with Crippen molar-refractivity contribution in [1.82, 2.24) is 4.90 Å². The molecule has 0 bridgehead atoms. The maximum atomic E-state index is 10.9. The minimum atomic E-state index is -0.121. The van der Waals surface area contributed by atoms with Gasteiger partial charge in [-0.2, -0.15) is 0 Å². The van der Waals surface area contributed by atoms with E-state index in [0.717, 1.165) is 12.8 Å². The van der Waals surface area contributed by atoms with Crippen molar-refractivity contribution in [3.8, 4) is 0 Å². The molecule has 0 aromatic heterocycles. The minimum Gasteiger partial charge on any atom is -0.370 e. The highest BCUT2D eigenvalue weighted by Crippen LogP contribution is 2.08. The average molecular weight is 141 g/mol. The van der Waals surface area contributed by atoms with Gasteiger partial charge < -0.3 is 5.73 Å². The van der Waals surface area contributed by atoms with Crippen LogP contribution in [0.5, 0.6) is 0 Å². The van der Waals surface area contributed by atoms with Gasteiger partial charge >= 0.3 is 0 Å². The Morgan fingerprint density at radius 3 is 2.70 bits per heavy atom. The van der Waals surface area contributed by atoms with Crippen LogP contribution < -0.4 is 5.73 Å². The smallest absolute Gasteiger partial charge is 0.229 e. The molecule has 0 unspecified atom stereocenters. The first kappa shape index (κ1) is 7.05.